The molecule has 5 heteroatoms. The Hall–Kier alpha value is -2.53. The molecule has 1 aromatic carbocycles. The topological polar surface area (TPSA) is 54.9 Å². The number of thiazole rings is 1. The number of carbonyl (C=O) groups excluding carboxylic acids is 1. The first kappa shape index (κ1) is 16.3. The van der Waals surface area contributed by atoms with Gasteiger partial charge in [-0.25, -0.2) is 4.98 Å². The van der Waals surface area contributed by atoms with E-state index in [1.54, 1.807) is 24.5 Å². The largest absolute Gasteiger partial charge is 0.356 e. The molecule has 24 heavy (non-hydrogen) atoms. The number of nitrogens with one attached hydrogen (secondary N) is 1. The number of hydrogen-bond donors (Lipinski definition) is 1. The summed E-state index contributed by atoms with van der Waals surface area (Å²) >= 11 is 1.61. The van der Waals surface area contributed by atoms with Gasteiger partial charge in [0, 0.05) is 30.6 Å². The van der Waals surface area contributed by atoms with E-state index in [1.165, 1.54) is 5.56 Å². The van der Waals surface area contributed by atoms with Gasteiger partial charge in [0.2, 0.25) is 5.91 Å². The number of aryl methyl sites for hydroxylation is 1. The molecule has 3 aromatic rings. The van der Waals surface area contributed by atoms with Gasteiger partial charge < -0.3 is 5.32 Å². The Morgan fingerprint density at radius 1 is 1.12 bits per heavy atom. The molecule has 0 aliphatic carbocycles. The molecule has 0 atom stereocenters. The Morgan fingerprint density at radius 3 is 2.67 bits per heavy atom. The maximum atomic E-state index is 10.8. The predicted molar refractivity (Wildman–Crippen MR) is 97.8 cm³/mol. The van der Waals surface area contributed by atoms with Crippen molar-refractivity contribution in [3.8, 4) is 22.0 Å². The number of carbonyl (C=O) groups is 1. The first-order valence-electron chi connectivity index (χ1n) is 7.93. The average Bonchev–Trinajstić information content (AvgIpc) is 3.10. The van der Waals surface area contributed by atoms with Crippen molar-refractivity contribution in [2.45, 2.75) is 19.8 Å². The lowest BCUT2D eigenvalue weighted by Crippen LogP contribution is -2.21. The zero-order valence-corrected chi connectivity index (χ0v) is 14.3. The van der Waals surface area contributed by atoms with Gasteiger partial charge in [0.05, 0.1) is 11.4 Å². The molecule has 2 heterocycles. The first-order valence-corrected chi connectivity index (χ1v) is 8.81. The van der Waals surface area contributed by atoms with E-state index in [4.69, 9.17) is 0 Å². The minimum atomic E-state index is 0.0255. The normalized spacial score (nSPS) is 10.5. The van der Waals surface area contributed by atoms with Crippen LogP contribution < -0.4 is 5.32 Å². The van der Waals surface area contributed by atoms with Crippen LogP contribution in [0.3, 0.4) is 0 Å². The Balaban J connectivity index is 1.64. The van der Waals surface area contributed by atoms with Crippen LogP contribution in [0.15, 0.2) is 54.0 Å². The lowest BCUT2D eigenvalue weighted by atomic mass is 10.1. The van der Waals surface area contributed by atoms with Crippen molar-refractivity contribution >= 4 is 17.2 Å². The molecule has 1 amide bonds. The summed E-state index contributed by atoms with van der Waals surface area (Å²) in [7, 11) is 0. The van der Waals surface area contributed by atoms with Gasteiger partial charge in [-0.1, -0.05) is 30.3 Å². The lowest BCUT2D eigenvalue weighted by molar-refractivity contribution is -0.118. The molecule has 2 aromatic heterocycles. The number of aromatic nitrogens is 2. The highest BCUT2D eigenvalue weighted by Crippen LogP contribution is 2.27. The first-order chi connectivity index (χ1) is 11.7. The average molecular weight is 337 g/mol. The number of benzene rings is 1. The van der Waals surface area contributed by atoms with E-state index in [9.17, 15) is 4.79 Å². The second-order valence-corrected chi connectivity index (χ2v) is 6.39. The highest BCUT2D eigenvalue weighted by molar-refractivity contribution is 7.13. The van der Waals surface area contributed by atoms with Crippen molar-refractivity contribution in [1.29, 1.82) is 0 Å². The summed E-state index contributed by atoms with van der Waals surface area (Å²) in [5, 5.41) is 5.82. The van der Waals surface area contributed by atoms with Crippen molar-refractivity contribution in [3.63, 3.8) is 0 Å². The van der Waals surface area contributed by atoms with Gasteiger partial charge in [-0.3, -0.25) is 9.78 Å². The number of amides is 1. The number of hydrogen-bond acceptors (Lipinski definition) is 4. The van der Waals surface area contributed by atoms with Crippen LogP contribution in [0.2, 0.25) is 0 Å². The Labute approximate surface area is 145 Å². The molecule has 0 saturated heterocycles. The molecule has 122 valence electrons. The maximum Gasteiger partial charge on any atom is 0.216 e. The molecule has 0 aliphatic heterocycles. The number of pyridine rings is 1. The van der Waals surface area contributed by atoms with E-state index in [2.05, 4.69) is 44.9 Å². The molecular formula is C19H19N3OS. The Kier molecular flexibility index (Phi) is 5.33. The Morgan fingerprint density at radius 2 is 1.96 bits per heavy atom. The van der Waals surface area contributed by atoms with Crippen molar-refractivity contribution in [2.75, 3.05) is 6.54 Å². The summed E-state index contributed by atoms with van der Waals surface area (Å²) in [5.74, 6) is 0.0255. The van der Waals surface area contributed by atoms with Crippen molar-refractivity contribution < 1.29 is 4.79 Å². The molecule has 0 bridgehead atoms. The molecule has 0 unspecified atom stereocenters. The highest BCUT2D eigenvalue weighted by atomic mass is 32.1. The van der Waals surface area contributed by atoms with E-state index in [0.29, 0.717) is 0 Å². The van der Waals surface area contributed by atoms with Gasteiger partial charge in [0.15, 0.2) is 0 Å². The molecule has 1 N–H and O–H groups in total. The summed E-state index contributed by atoms with van der Waals surface area (Å²) in [6.07, 6.45) is 3.68. The summed E-state index contributed by atoms with van der Waals surface area (Å²) in [6, 6.07) is 14.3. The molecule has 4 nitrogen and oxygen atoms in total. The summed E-state index contributed by atoms with van der Waals surface area (Å²) in [6.45, 7) is 2.26. The summed E-state index contributed by atoms with van der Waals surface area (Å²) in [5.41, 5.74) is 4.26. The van der Waals surface area contributed by atoms with Crippen LogP contribution in [-0.4, -0.2) is 22.4 Å². The monoisotopic (exact) mass is 337 g/mol. The highest BCUT2D eigenvalue weighted by Gasteiger charge is 2.07. The second kappa shape index (κ2) is 7.84. The van der Waals surface area contributed by atoms with Crippen molar-refractivity contribution in [3.05, 3.63) is 59.6 Å². The molecule has 3 rings (SSSR count). The third kappa shape index (κ3) is 4.26. The van der Waals surface area contributed by atoms with Gasteiger partial charge in [-0.15, -0.1) is 11.3 Å². The zero-order valence-electron chi connectivity index (χ0n) is 13.5. The molecule has 0 saturated carbocycles. The Bertz CT molecular complexity index is 797. The summed E-state index contributed by atoms with van der Waals surface area (Å²) < 4.78 is 0. The van der Waals surface area contributed by atoms with Gasteiger partial charge in [-0.2, -0.15) is 0 Å². The van der Waals surface area contributed by atoms with Gasteiger partial charge in [0.25, 0.3) is 0 Å². The van der Waals surface area contributed by atoms with Gasteiger partial charge in [0.1, 0.15) is 5.01 Å². The van der Waals surface area contributed by atoms with Crippen molar-refractivity contribution in [1.82, 2.24) is 15.3 Å². The summed E-state index contributed by atoms with van der Waals surface area (Å²) in [4.78, 5) is 19.9. The SMILES string of the molecule is CC(=O)NCCCc1ccc(-c2csc(-c3ccccn3)n2)cc1. The zero-order chi connectivity index (χ0) is 16.8. The van der Waals surface area contributed by atoms with Crippen LogP contribution in [0.4, 0.5) is 0 Å². The van der Waals surface area contributed by atoms with Gasteiger partial charge >= 0.3 is 0 Å². The van der Waals surface area contributed by atoms with E-state index < -0.39 is 0 Å². The number of nitrogens with zero attached hydrogens (tertiary/aromatic N) is 2. The van der Waals surface area contributed by atoms with Crippen LogP contribution in [0, 0.1) is 0 Å². The van der Waals surface area contributed by atoms with E-state index in [0.717, 1.165) is 41.3 Å². The molecule has 0 radical (unpaired) electrons. The quantitative estimate of drug-likeness (QED) is 0.693. The fourth-order valence-corrected chi connectivity index (χ4v) is 3.22. The van der Waals surface area contributed by atoms with Crippen LogP contribution >= 0.6 is 11.3 Å². The van der Waals surface area contributed by atoms with E-state index in [1.807, 2.05) is 18.2 Å². The minimum Gasteiger partial charge on any atom is -0.356 e. The molecular weight excluding hydrogens is 318 g/mol. The van der Waals surface area contributed by atoms with Crippen LogP contribution in [0.25, 0.3) is 22.0 Å². The standard InChI is InChI=1S/C19H19N3OS/c1-14(23)20-12-4-5-15-7-9-16(10-8-15)18-13-24-19(22-18)17-6-2-3-11-21-17/h2-3,6-11,13H,4-5,12H2,1H3,(H,20,23). The van der Waals surface area contributed by atoms with Gasteiger partial charge in [-0.05, 0) is 30.5 Å². The third-order valence-electron chi connectivity index (χ3n) is 3.65. The van der Waals surface area contributed by atoms with E-state index in [-0.39, 0.29) is 5.91 Å². The van der Waals surface area contributed by atoms with Crippen LogP contribution in [0.5, 0.6) is 0 Å². The van der Waals surface area contributed by atoms with Crippen LogP contribution in [-0.2, 0) is 11.2 Å². The molecule has 0 aliphatic rings. The molecule has 0 fully saturated rings. The second-order valence-electron chi connectivity index (χ2n) is 5.54. The maximum absolute atomic E-state index is 10.8. The fourth-order valence-electron chi connectivity index (χ4n) is 2.41. The smallest absolute Gasteiger partial charge is 0.216 e. The third-order valence-corrected chi connectivity index (χ3v) is 4.52. The number of rotatable bonds is 6. The van der Waals surface area contributed by atoms with E-state index >= 15 is 0 Å². The predicted octanol–water partition coefficient (Wildman–Crippen LogP) is 3.94. The van der Waals surface area contributed by atoms with Crippen LogP contribution in [0.1, 0.15) is 18.9 Å². The minimum absolute atomic E-state index is 0.0255. The fraction of sp³-hybridized carbons (Fsp3) is 0.211. The molecule has 0 spiro atoms. The lowest BCUT2D eigenvalue weighted by Gasteiger charge is -2.04. The van der Waals surface area contributed by atoms with Crippen molar-refractivity contribution in [2.24, 2.45) is 0 Å².